The van der Waals surface area contributed by atoms with E-state index in [0.29, 0.717) is 5.56 Å². The molecule has 0 saturated heterocycles. The first kappa shape index (κ1) is 14.3. The van der Waals surface area contributed by atoms with Crippen molar-refractivity contribution in [1.82, 2.24) is 0 Å². The number of rotatable bonds is 3. The molecule has 2 rings (SSSR count). The summed E-state index contributed by atoms with van der Waals surface area (Å²) in [5.41, 5.74) is 6.05. The molecule has 2 aromatic carbocycles. The van der Waals surface area contributed by atoms with E-state index in [1.165, 1.54) is 18.2 Å². The van der Waals surface area contributed by atoms with Crippen molar-refractivity contribution >= 4 is 21.4 Å². The molecule has 0 aliphatic carbocycles. The fourth-order valence-electron chi connectivity index (χ4n) is 1.64. The first-order valence-electron chi connectivity index (χ1n) is 5.63. The zero-order valence-electron chi connectivity index (χ0n) is 10.5. The molecule has 0 aliphatic rings. The van der Waals surface area contributed by atoms with Crippen molar-refractivity contribution in [2.45, 2.75) is 11.8 Å². The Morgan fingerprint density at radius 1 is 1.10 bits per heavy atom. The number of nitrogen functional groups attached to an aromatic ring is 1. The summed E-state index contributed by atoms with van der Waals surface area (Å²) in [5.74, 6) is -1.56. The van der Waals surface area contributed by atoms with Gasteiger partial charge in [0.15, 0.2) is 0 Å². The zero-order chi connectivity index (χ0) is 14.9. The number of hydrogen-bond acceptors (Lipinski definition) is 3. The third-order valence-electron chi connectivity index (χ3n) is 2.69. The zero-order valence-corrected chi connectivity index (χ0v) is 11.3. The molecule has 2 aromatic rings. The van der Waals surface area contributed by atoms with Crippen molar-refractivity contribution in [3.05, 3.63) is 53.6 Å². The quantitative estimate of drug-likeness (QED) is 0.856. The number of sulfonamides is 1. The van der Waals surface area contributed by atoms with E-state index in [0.717, 1.165) is 18.2 Å². The predicted octanol–water partition coefficient (Wildman–Crippen LogP) is 2.66. The number of hydrogen-bond donors (Lipinski definition) is 2. The molecule has 0 bridgehead atoms. The van der Waals surface area contributed by atoms with Gasteiger partial charge in [-0.05, 0) is 42.8 Å². The Bertz CT molecular complexity index is 761. The second-order valence-corrected chi connectivity index (χ2v) is 5.91. The van der Waals surface area contributed by atoms with Crippen LogP contribution in [0.15, 0.2) is 41.3 Å². The van der Waals surface area contributed by atoms with Crippen LogP contribution in [0.25, 0.3) is 0 Å². The van der Waals surface area contributed by atoms with E-state index in [9.17, 15) is 17.2 Å². The van der Waals surface area contributed by atoms with Crippen LogP contribution in [-0.4, -0.2) is 8.42 Å². The van der Waals surface area contributed by atoms with E-state index >= 15 is 0 Å². The van der Waals surface area contributed by atoms with E-state index in [4.69, 9.17) is 5.73 Å². The highest BCUT2D eigenvalue weighted by Gasteiger charge is 2.20. The Hall–Kier alpha value is -2.15. The van der Waals surface area contributed by atoms with Crippen LogP contribution in [0.5, 0.6) is 0 Å². The summed E-state index contributed by atoms with van der Waals surface area (Å²) in [7, 11) is -4.15. The van der Waals surface area contributed by atoms with Crippen LogP contribution in [0.1, 0.15) is 5.56 Å². The van der Waals surface area contributed by atoms with Gasteiger partial charge in [-0.1, -0.05) is 6.07 Å². The molecule has 0 unspecified atom stereocenters. The summed E-state index contributed by atoms with van der Waals surface area (Å²) in [6, 6.07) is 6.90. The lowest BCUT2D eigenvalue weighted by Crippen LogP contribution is -2.15. The van der Waals surface area contributed by atoms with E-state index in [1.54, 1.807) is 6.92 Å². The van der Waals surface area contributed by atoms with Crippen molar-refractivity contribution in [2.24, 2.45) is 0 Å². The number of benzene rings is 2. The Labute approximate surface area is 115 Å². The van der Waals surface area contributed by atoms with E-state index < -0.39 is 26.6 Å². The highest BCUT2D eigenvalue weighted by atomic mass is 32.2. The molecule has 0 radical (unpaired) electrons. The molecule has 0 spiro atoms. The third kappa shape index (κ3) is 2.88. The van der Waals surface area contributed by atoms with Crippen LogP contribution >= 0.6 is 0 Å². The fraction of sp³-hybridized carbons (Fsp3) is 0.0769. The summed E-state index contributed by atoms with van der Waals surface area (Å²) in [5, 5.41) is 0. The van der Waals surface area contributed by atoms with Gasteiger partial charge in [-0.15, -0.1) is 0 Å². The molecule has 106 valence electrons. The topological polar surface area (TPSA) is 72.2 Å². The van der Waals surface area contributed by atoms with Crippen LogP contribution in [-0.2, 0) is 10.0 Å². The lowest BCUT2D eigenvalue weighted by molar-refractivity contribution is 0.570. The van der Waals surface area contributed by atoms with Crippen LogP contribution < -0.4 is 10.5 Å². The Morgan fingerprint density at radius 3 is 2.45 bits per heavy atom. The largest absolute Gasteiger partial charge is 0.399 e. The van der Waals surface area contributed by atoms with Crippen molar-refractivity contribution < 1.29 is 17.2 Å². The summed E-state index contributed by atoms with van der Waals surface area (Å²) in [4.78, 5) is -0.546. The molecule has 0 saturated carbocycles. The lowest BCUT2D eigenvalue weighted by Gasteiger charge is -2.11. The van der Waals surface area contributed by atoms with E-state index in [1.807, 2.05) is 0 Å². The number of anilines is 2. The van der Waals surface area contributed by atoms with Gasteiger partial charge in [0.05, 0.1) is 5.69 Å². The van der Waals surface area contributed by atoms with Crippen LogP contribution in [0.3, 0.4) is 0 Å². The van der Waals surface area contributed by atoms with Gasteiger partial charge in [0, 0.05) is 5.69 Å². The van der Waals surface area contributed by atoms with E-state index in [-0.39, 0.29) is 11.4 Å². The second-order valence-electron chi connectivity index (χ2n) is 4.25. The Morgan fingerprint density at radius 2 is 1.80 bits per heavy atom. The molecular weight excluding hydrogens is 286 g/mol. The smallest absolute Gasteiger partial charge is 0.264 e. The van der Waals surface area contributed by atoms with Gasteiger partial charge >= 0.3 is 0 Å². The van der Waals surface area contributed by atoms with Crippen molar-refractivity contribution in [3.63, 3.8) is 0 Å². The summed E-state index contributed by atoms with van der Waals surface area (Å²) < 4.78 is 53.1. The Balaban J connectivity index is 2.43. The average Bonchev–Trinajstić information content (AvgIpc) is 2.33. The highest BCUT2D eigenvalue weighted by Crippen LogP contribution is 2.23. The minimum atomic E-state index is -4.15. The monoisotopic (exact) mass is 298 g/mol. The van der Waals surface area contributed by atoms with Gasteiger partial charge in [0.1, 0.15) is 16.5 Å². The predicted molar refractivity (Wildman–Crippen MR) is 72.8 cm³/mol. The molecular formula is C13H12F2N2O2S. The van der Waals surface area contributed by atoms with Gasteiger partial charge in [-0.3, -0.25) is 4.72 Å². The third-order valence-corrected chi connectivity index (χ3v) is 4.09. The maximum atomic E-state index is 13.7. The van der Waals surface area contributed by atoms with Gasteiger partial charge in [-0.25, -0.2) is 17.2 Å². The second kappa shape index (κ2) is 5.09. The molecule has 0 fully saturated rings. The van der Waals surface area contributed by atoms with E-state index in [2.05, 4.69) is 4.72 Å². The number of halogens is 2. The van der Waals surface area contributed by atoms with Gasteiger partial charge < -0.3 is 5.73 Å². The minimum absolute atomic E-state index is 0.0567. The Kier molecular flexibility index (Phi) is 3.63. The van der Waals surface area contributed by atoms with Crippen LogP contribution in [0.2, 0.25) is 0 Å². The van der Waals surface area contributed by atoms with Crippen molar-refractivity contribution in [3.8, 4) is 0 Å². The van der Waals surface area contributed by atoms with Crippen LogP contribution in [0, 0.1) is 18.6 Å². The first-order valence-corrected chi connectivity index (χ1v) is 7.12. The molecule has 7 heteroatoms. The molecule has 0 aromatic heterocycles. The maximum Gasteiger partial charge on any atom is 0.264 e. The average molecular weight is 298 g/mol. The van der Waals surface area contributed by atoms with Gasteiger partial charge in [0.25, 0.3) is 10.0 Å². The normalized spacial score (nSPS) is 11.3. The van der Waals surface area contributed by atoms with Crippen LogP contribution in [0.4, 0.5) is 20.2 Å². The number of nitrogens with one attached hydrogen (secondary N) is 1. The molecule has 0 aliphatic heterocycles. The molecule has 0 atom stereocenters. The van der Waals surface area contributed by atoms with Crippen molar-refractivity contribution in [2.75, 3.05) is 10.5 Å². The van der Waals surface area contributed by atoms with Crippen molar-refractivity contribution in [1.29, 1.82) is 0 Å². The lowest BCUT2D eigenvalue weighted by atomic mass is 10.2. The standard InChI is InChI=1S/C13H12F2N2O2S/c1-8-2-3-9(14)6-12(8)17-20(18,19)13-5-4-10(16)7-11(13)15/h2-7,17H,16H2,1H3. The maximum absolute atomic E-state index is 13.7. The first-order chi connectivity index (χ1) is 9.29. The summed E-state index contributed by atoms with van der Waals surface area (Å²) >= 11 is 0. The highest BCUT2D eigenvalue weighted by molar-refractivity contribution is 7.92. The van der Waals surface area contributed by atoms with Gasteiger partial charge in [0.2, 0.25) is 0 Å². The SMILES string of the molecule is Cc1ccc(F)cc1NS(=O)(=O)c1ccc(N)cc1F. The van der Waals surface area contributed by atoms with Gasteiger partial charge in [-0.2, -0.15) is 0 Å². The summed E-state index contributed by atoms with van der Waals surface area (Å²) in [6.07, 6.45) is 0. The fourth-order valence-corrected chi connectivity index (χ4v) is 2.82. The number of aryl methyl sites for hydroxylation is 1. The molecule has 0 amide bonds. The number of nitrogens with two attached hydrogens (primary N) is 1. The molecule has 3 N–H and O–H groups in total. The molecule has 0 heterocycles. The molecule has 4 nitrogen and oxygen atoms in total. The summed E-state index contributed by atoms with van der Waals surface area (Å²) in [6.45, 7) is 1.61. The molecule has 20 heavy (non-hydrogen) atoms. The minimum Gasteiger partial charge on any atom is -0.399 e.